The number of nitrogens with one attached hydrogen (secondary N) is 1. The van der Waals surface area contributed by atoms with Gasteiger partial charge < -0.3 is 14.4 Å². The minimum absolute atomic E-state index is 0.696. The first kappa shape index (κ1) is 20.1. The van der Waals surface area contributed by atoms with Crippen molar-refractivity contribution in [2.45, 2.75) is 18.7 Å². The van der Waals surface area contributed by atoms with Crippen molar-refractivity contribution in [1.82, 2.24) is 19.9 Å². The highest BCUT2D eigenvalue weighted by Gasteiger charge is 2.17. The van der Waals surface area contributed by atoms with Gasteiger partial charge in [-0.3, -0.25) is 9.97 Å². The lowest BCUT2D eigenvalue weighted by atomic mass is 10.1. The van der Waals surface area contributed by atoms with E-state index in [1.807, 2.05) is 38.2 Å². The van der Waals surface area contributed by atoms with Gasteiger partial charge in [0.2, 0.25) is 0 Å². The highest BCUT2D eigenvalue weighted by Crippen LogP contribution is 2.23. The molecule has 1 aliphatic heterocycles. The summed E-state index contributed by atoms with van der Waals surface area (Å²) in [5, 5.41) is 0. The number of aromatic nitrogens is 4. The molecule has 0 atom stereocenters. The van der Waals surface area contributed by atoms with Crippen LogP contribution in [0.15, 0.2) is 48.0 Å². The van der Waals surface area contributed by atoms with Gasteiger partial charge in [-0.05, 0) is 44.0 Å². The number of nitrogens with zero attached hydrogens (tertiary/aromatic N) is 5. The molecule has 1 saturated heterocycles. The largest absolute Gasteiger partial charge is 0.378 e. The fourth-order valence-electron chi connectivity index (χ4n) is 2.98. The highest BCUT2D eigenvalue weighted by molar-refractivity contribution is 8.00. The molecule has 0 aliphatic carbocycles. The number of pyridine rings is 2. The second kappa shape index (κ2) is 9.57. The molecule has 8 heteroatoms. The van der Waals surface area contributed by atoms with E-state index >= 15 is 0 Å². The van der Waals surface area contributed by atoms with Crippen LogP contribution in [0, 0.1) is 25.7 Å². The van der Waals surface area contributed by atoms with Gasteiger partial charge in [-0.15, -0.1) is 0 Å². The molecule has 4 rings (SSSR count). The van der Waals surface area contributed by atoms with E-state index in [4.69, 9.17) is 4.74 Å². The molecule has 0 amide bonds. The zero-order chi connectivity index (χ0) is 20.8. The summed E-state index contributed by atoms with van der Waals surface area (Å²) in [7, 11) is 0. The minimum Gasteiger partial charge on any atom is -0.378 e. The summed E-state index contributed by atoms with van der Waals surface area (Å²) in [5.74, 6) is 7.37. The Balaban J connectivity index is 1.57. The van der Waals surface area contributed by atoms with Gasteiger partial charge in [-0.25, -0.2) is 9.97 Å². The molecular formula is C22H22N6OS. The Hall–Kier alpha value is -3.15. The summed E-state index contributed by atoms with van der Waals surface area (Å²) in [5.41, 5.74) is 4.37. The first-order valence-electron chi connectivity index (χ1n) is 9.66. The van der Waals surface area contributed by atoms with Crippen molar-refractivity contribution in [3.8, 4) is 11.8 Å². The number of hydrogen-bond acceptors (Lipinski definition) is 8. The molecule has 1 fully saturated rings. The molecule has 1 N–H and O–H groups in total. The van der Waals surface area contributed by atoms with Crippen LogP contribution in [0.25, 0.3) is 0 Å². The first-order chi connectivity index (χ1) is 14.7. The third kappa shape index (κ3) is 4.87. The first-order valence-corrected chi connectivity index (χ1v) is 10.5. The number of rotatable bonds is 4. The Morgan fingerprint density at radius 3 is 2.73 bits per heavy atom. The molecule has 3 aromatic heterocycles. The topological polar surface area (TPSA) is 76.1 Å². The Labute approximate surface area is 180 Å². The average molecular weight is 419 g/mol. The fourth-order valence-corrected chi connectivity index (χ4v) is 3.68. The standard InChI is InChI=1S/C22H22N6OS/c1-16-20(22(26-15-25-16)28-8-10-29-11-9-28)6-5-18-12-21(17(2)24-13-18)27-30-19-4-3-7-23-14-19/h3-4,7,12-15,27H,8-11H2,1-2H3. The monoisotopic (exact) mass is 418 g/mol. The zero-order valence-corrected chi connectivity index (χ0v) is 17.7. The molecule has 30 heavy (non-hydrogen) atoms. The van der Waals surface area contributed by atoms with E-state index in [0.29, 0.717) is 13.2 Å². The lowest BCUT2D eigenvalue weighted by molar-refractivity contribution is 0.122. The molecule has 0 unspecified atom stereocenters. The van der Waals surface area contributed by atoms with Gasteiger partial charge in [0.15, 0.2) is 0 Å². The molecule has 7 nitrogen and oxygen atoms in total. The molecular weight excluding hydrogens is 396 g/mol. The van der Waals surface area contributed by atoms with Crippen LogP contribution in [0.2, 0.25) is 0 Å². The third-order valence-electron chi connectivity index (χ3n) is 4.66. The Bertz CT molecular complexity index is 1070. The SMILES string of the molecule is Cc1ncc(C#Cc2c(C)ncnc2N2CCOCC2)cc1NSc1cccnc1. The van der Waals surface area contributed by atoms with Crippen LogP contribution in [0.4, 0.5) is 11.5 Å². The maximum absolute atomic E-state index is 5.46. The Morgan fingerprint density at radius 2 is 1.93 bits per heavy atom. The summed E-state index contributed by atoms with van der Waals surface area (Å²) in [6.45, 7) is 6.92. The average Bonchev–Trinajstić information content (AvgIpc) is 2.79. The molecule has 0 aromatic carbocycles. The predicted octanol–water partition coefficient (Wildman–Crippen LogP) is 3.24. The van der Waals surface area contributed by atoms with Crippen LogP contribution < -0.4 is 9.62 Å². The molecule has 3 aromatic rings. The number of ether oxygens (including phenoxy) is 1. The Morgan fingerprint density at radius 1 is 1.07 bits per heavy atom. The maximum Gasteiger partial charge on any atom is 0.148 e. The summed E-state index contributed by atoms with van der Waals surface area (Å²) < 4.78 is 8.80. The van der Waals surface area contributed by atoms with E-state index in [1.165, 1.54) is 11.9 Å². The summed E-state index contributed by atoms with van der Waals surface area (Å²) in [4.78, 5) is 20.7. The fraction of sp³-hybridized carbons (Fsp3) is 0.273. The minimum atomic E-state index is 0.696. The van der Waals surface area contributed by atoms with E-state index in [9.17, 15) is 0 Å². The highest BCUT2D eigenvalue weighted by atomic mass is 32.2. The quantitative estimate of drug-likeness (QED) is 0.511. The molecule has 1 aliphatic rings. The van der Waals surface area contributed by atoms with Crippen LogP contribution in [-0.2, 0) is 4.74 Å². The van der Waals surface area contributed by atoms with Crippen molar-refractivity contribution in [3.05, 3.63) is 65.6 Å². The van der Waals surface area contributed by atoms with E-state index in [2.05, 4.69) is 41.4 Å². The van der Waals surface area contributed by atoms with Gasteiger partial charge >= 0.3 is 0 Å². The van der Waals surface area contributed by atoms with Crippen molar-refractivity contribution < 1.29 is 4.74 Å². The van der Waals surface area contributed by atoms with Crippen LogP contribution in [-0.4, -0.2) is 46.2 Å². The number of aryl methyl sites for hydroxylation is 2. The van der Waals surface area contributed by atoms with Crippen molar-refractivity contribution in [1.29, 1.82) is 0 Å². The number of hydrogen-bond donors (Lipinski definition) is 1. The van der Waals surface area contributed by atoms with Gasteiger partial charge in [0.05, 0.1) is 35.9 Å². The van der Waals surface area contributed by atoms with Crippen molar-refractivity contribution in [2.75, 3.05) is 35.9 Å². The maximum atomic E-state index is 5.46. The zero-order valence-electron chi connectivity index (χ0n) is 16.9. The van der Waals surface area contributed by atoms with Gasteiger partial charge in [-0.2, -0.15) is 0 Å². The van der Waals surface area contributed by atoms with Gasteiger partial charge in [0, 0.05) is 42.1 Å². The summed E-state index contributed by atoms with van der Waals surface area (Å²) >= 11 is 1.50. The Kier molecular flexibility index (Phi) is 6.42. The smallest absolute Gasteiger partial charge is 0.148 e. The van der Waals surface area contributed by atoms with E-state index < -0.39 is 0 Å². The molecule has 0 saturated carbocycles. The van der Waals surface area contributed by atoms with Crippen LogP contribution >= 0.6 is 11.9 Å². The molecule has 152 valence electrons. The third-order valence-corrected chi connectivity index (χ3v) is 5.46. The second-order valence-electron chi connectivity index (χ2n) is 6.76. The molecule has 4 heterocycles. The molecule has 0 bridgehead atoms. The molecule has 0 radical (unpaired) electrons. The van der Waals surface area contributed by atoms with E-state index in [-0.39, 0.29) is 0 Å². The lowest BCUT2D eigenvalue weighted by Crippen LogP contribution is -2.37. The van der Waals surface area contributed by atoms with Gasteiger partial charge in [0.25, 0.3) is 0 Å². The van der Waals surface area contributed by atoms with Crippen LogP contribution in [0.3, 0.4) is 0 Å². The van der Waals surface area contributed by atoms with Crippen LogP contribution in [0.5, 0.6) is 0 Å². The van der Waals surface area contributed by atoms with Gasteiger partial charge in [-0.1, -0.05) is 11.8 Å². The summed E-state index contributed by atoms with van der Waals surface area (Å²) in [6.07, 6.45) is 6.95. The van der Waals surface area contributed by atoms with Crippen molar-refractivity contribution in [3.63, 3.8) is 0 Å². The van der Waals surface area contributed by atoms with Crippen LogP contribution in [0.1, 0.15) is 22.5 Å². The van der Waals surface area contributed by atoms with E-state index in [0.717, 1.165) is 52.0 Å². The predicted molar refractivity (Wildman–Crippen MR) is 118 cm³/mol. The normalized spacial score (nSPS) is 13.5. The number of morpholine rings is 1. The van der Waals surface area contributed by atoms with Crippen molar-refractivity contribution >= 4 is 23.5 Å². The van der Waals surface area contributed by atoms with E-state index in [1.54, 1.807) is 18.7 Å². The number of anilines is 2. The second-order valence-corrected chi connectivity index (χ2v) is 7.64. The van der Waals surface area contributed by atoms with Crippen molar-refractivity contribution in [2.24, 2.45) is 0 Å². The van der Waals surface area contributed by atoms with Gasteiger partial charge in [0.1, 0.15) is 12.1 Å². The summed E-state index contributed by atoms with van der Waals surface area (Å²) in [6, 6.07) is 5.92. The lowest BCUT2D eigenvalue weighted by Gasteiger charge is -2.28. The molecule has 0 spiro atoms.